The first-order chi connectivity index (χ1) is 6.77. The van der Waals surface area contributed by atoms with Crippen LogP contribution in [0.2, 0.25) is 0 Å². The minimum Gasteiger partial charge on any atom is -0.550 e. The number of aliphatic carboxylic acids is 1. The molecule has 1 aromatic heterocycles. The van der Waals surface area contributed by atoms with Crippen LogP contribution in [-0.2, 0) is 4.79 Å². The second-order valence-electron chi connectivity index (χ2n) is 3.74. The zero-order chi connectivity index (χ0) is 9.97. The Morgan fingerprint density at radius 3 is 2.53 bits per heavy atom. The molecule has 0 atom stereocenters. The zero-order valence-corrected chi connectivity index (χ0v) is 10.8. The molecule has 1 fully saturated rings. The number of nitrogens with zero attached hydrogens (tertiary/aromatic N) is 2. The maximum absolute atomic E-state index is 10.6. The van der Waals surface area contributed by atoms with E-state index < -0.39 is 5.97 Å². The van der Waals surface area contributed by atoms with Gasteiger partial charge in [0, 0.05) is 11.9 Å². The van der Waals surface area contributed by atoms with Crippen LogP contribution in [0.5, 0.6) is 0 Å². The fourth-order valence-corrected chi connectivity index (χ4v) is 2.01. The minimum atomic E-state index is -0.916. The number of aromatic amines is 1. The monoisotopic (exact) mass is 217 g/mol. The van der Waals surface area contributed by atoms with Gasteiger partial charge in [0.2, 0.25) is 0 Å². The Balaban J connectivity index is 0.00000112. The van der Waals surface area contributed by atoms with Gasteiger partial charge < -0.3 is 9.90 Å². The molecule has 0 radical (unpaired) electrons. The molecule has 0 amide bonds. The van der Waals surface area contributed by atoms with Crippen LogP contribution in [0.4, 0.5) is 0 Å². The van der Waals surface area contributed by atoms with E-state index >= 15 is 0 Å². The molecule has 1 aromatic rings. The van der Waals surface area contributed by atoms with Crippen LogP contribution in [-0.4, -0.2) is 21.2 Å². The molecule has 0 unspecified atom stereocenters. The summed E-state index contributed by atoms with van der Waals surface area (Å²) in [6, 6.07) is 0. The molecule has 15 heavy (non-hydrogen) atoms. The number of H-pyrrole nitrogens is 1. The molecular formula is C9H12N3NaO2. The van der Waals surface area contributed by atoms with Gasteiger partial charge in [-0.1, -0.05) is 0 Å². The van der Waals surface area contributed by atoms with Gasteiger partial charge in [-0.2, -0.15) is 5.10 Å². The van der Waals surface area contributed by atoms with E-state index in [0.717, 1.165) is 18.7 Å². The van der Waals surface area contributed by atoms with E-state index in [9.17, 15) is 9.90 Å². The van der Waals surface area contributed by atoms with E-state index in [4.69, 9.17) is 0 Å². The number of carboxylic acids is 1. The average molecular weight is 217 g/mol. The van der Waals surface area contributed by atoms with Crippen LogP contribution < -0.4 is 34.7 Å². The summed E-state index contributed by atoms with van der Waals surface area (Å²) in [5, 5.41) is 17.2. The van der Waals surface area contributed by atoms with Gasteiger partial charge in [-0.25, -0.2) is 4.98 Å². The Labute approximate surface area is 110 Å². The Kier molecular flexibility index (Phi) is 4.76. The Morgan fingerprint density at radius 2 is 2.07 bits per heavy atom. The quantitative estimate of drug-likeness (QED) is 0.530. The molecule has 0 aliphatic heterocycles. The van der Waals surface area contributed by atoms with Crippen LogP contribution in [0, 0.1) is 5.92 Å². The fraction of sp³-hybridized carbons (Fsp3) is 0.667. The number of rotatable bonds is 2. The Hall–Kier alpha value is -0.390. The molecule has 5 nitrogen and oxygen atoms in total. The standard InChI is InChI=1S/C9H13N3O2.Na/c13-9(14)7-3-1-6(2-4-7)8-10-5-11-12-8;/h5-7H,1-4H2,(H,13,14)(H,10,11,12);/q;+1/p-1. The predicted molar refractivity (Wildman–Crippen MR) is 46.1 cm³/mol. The molecule has 1 heterocycles. The second kappa shape index (κ2) is 5.63. The maximum Gasteiger partial charge on any atom is 1.00 e. The maximum atomic E-state index is 10.6. The normalized spacial score (nSPS) is 25.6. The first-order valence-corrected chi connectivity index (χ1v) is 4.83. The summed E-state index contributed by atoms with van der Waals surface area (Å²) in [4.78, 5) is 14.7. The third kappa shape index (κ3) is 3.03. The molecule has 6 heteroatoms. The van der Waals surface area contributed by atoms with Crippen molar-refractivity contribution >= 4 is 5.97 Å². The smallest absolute Gasteiger partial charge is 0.550 e. The van der Waals surface area contributed by atoms with E-state index in [1.807, 2.05) is 0 Å². The van der Waals surface area contributed by atoms with Gasteiger partial charge in [-0.15, -0.1) is 0 Å². The predicted octanol–water partition coefficient (Wildman–Crippen LogP) is -3.17. The number of hydrogen-bond donors (Lipinski definition) is 1. The van der Waals surface area contributed by atoms with Gasteiger partial charge in [-0.3, -0.25) is 5.10 Å². The van der Waals surface area contributed by atoms with Crippen molar-refractivity contribution < 1.29 is 39.5 Å². The van der Waals surface area contributed by atoms with Gasteiger partial charge in [0.1, 0.15) is 12.2 Å². The minimum absolute atomic E-state index is 0. The van der Waals surface area contributed by atoms with Crippen molar-refractivity contribution in [3.05, 3.63) is 12.2 Å². The molecule has 1 N–H and O–H groups in total. The summed E-state index contributed by atoms with van der Waals surface area (Å²) in [7, 11) is 0. The van der Waals surface area contributed by atoms with Gasteiger partial charge in [0.15, 0.2) is 0 Å². The van der Waals surface area contributed by atoms with E-state index in [0.29, 0.717) is 18.8 Å². The van der Waals surface area contributed by atoms with Crippen LogP contribution in [0.3, 0.4) is 0 Å². The van der Waals surface area contributed by atoms with Crippen molar-refractivity contribution in [1.82, 2.24) is 15.2 Å². The van der Waals surface area contributed by atoms with Crippen molar-refractivity contribution in [2.75, 3.05) is 0 Å². The van der Waals surface area contributed by atoms with Crippen molar-refractivity contribution in [2.45, 2.75) is 31.6 Å². The van der Waals surface area contributed by atoms with Crippen molar-refractivity contribution in [3.8, 4) is 0 Å². The van der Waals surface area contributed by atoms with E-state index in [2.05, 4.69) is 15.2 Å². The van der Waals surface area contributed by atoms with Crippen molar-refractivity contribution in [1.29, 1.82) is 0 Å². The summed E-state index contributed by atoms with van der Waals surface area (Å²) in [5.74, 6) is 0.0325. The summed E-state index contributed by atoms with van der Waals surface area (Å²) >= 11 is 0. The van der Waals surface area contributed by atoms with Crippen LogP contribution >= 0.6 is 0 Å². The van der Waals surface area contributed by atoms with Gasteiger partial charge in [-0.05, 0) is 31.6 Å². The number of carbonyl (C=O) groups excluding carboxylic acids is 1. The first-order valence-electron chi connectivity index (χ1n) is 4.83. The van der Waals surface area contributed by atoms with Gasteiger partial charge in [0.05, 0.1) is 0 Å². The Morgan fingerprint density at radius 1 is 1.40 bits per heavy atom. The Bertz CT molecular complexity index is 307. The summed E-state index contributed by atoms with van der Waals surface area (Å²) in [6.45, 7) is 0. The second-order valence-corrected chi connectivity index (χ2v) is 3.74. The summed E-state index contributed by atoms with van der Waals surface area (Å²) in [6.07, 6.45) is 4.57. The molecule has 1 saturated carbocycles. The van der Waals surface area contributed by atoms with Crippen molar-refractivity contribution in [3.63, 3.8) is 0 Å². The molecule has 1 aliphatic rings. The molecule has 0 aromatic carbocycles. The van der Waals surface area contributed by atoms with Gasteiger partial charge >= 0.3 is 29.6 Å². The summed E-state index contributed by atoms with van der Waals surface area (Å²) < 4.78 is 0. The molecule has 1 aliphatic carbocycles. The molecule has 2 rings (SSSR count). The first kappa shape index (κ1) is 12.7. The molecule has 0 bridgehead atoms. The van der Waals surface area contributed by atoms with Crippen molar-refractivity contribution in [2.24, 2.45) is 5.92 Å². The third-order valence-electron chi connectivity index (χ3n) is 2.88. The SMILES string of the molecule is O=C([O-])C1CCC(c2ncn[nH]2)CC1.[Na+]. The molecule has 0 saturated heterocycles. The third-order valence-corrected chi connectivity index (χ3v) is 2.88. The van der Waals surface area contributed by atoms with Gasteiger partial charge in [0.25, 0.3) is 0 Å². The largest absolute Gasteiger partial charge is 1.00 e. The van der Waals surface area contributed by atoms with E-state index in [1.54, 1.807) is 0 Å². The number of carbonyl (C=O) groups is 1. The number of nitrogens with one attached hydrogen (secondary N) is 1. The number of aromatic nitrogens is 3. The molecule has 0 spiro atoms. The number of carboxylic acid groups (broad SMARTS) is 1. The summed E-state index contributed by atoms with van der Waals surface area (Å²) in [5.41, 5.74) is 0. The molecular weight excluding hydrogens is 205 g/mol. The van der Waals surface area contributed by atoms with E-state index in [-0.39, 0.29) is 35.5 Å². The van der Waals surface area contributed by atoms with Crippen LogP contribution in [0.15, 0.2) is 6.33 Å². The molecule has 76 valence electrons. The average Bonchev–Trinajstić information content (AvgIpc) is 2.71. The van der Waals surface area contributed by atoms with Crippen LogP contribution in [0.1, 0.15) is 37.4 Å². The number of hydrogen-bond acceptors (Lipinski definition) is 4. The zero-order valence-electron chi connectivity index (χ0n) is 8.77. The van der Waals surface area contributed by atoms with E-state index in [1.165, 1.54) is 6.33 Å². The topological polar surface area (TPSA) is 81.7 Å². The van der Waals surface area contributed by atoms with Crippen LogP contribution in [0.25, 0.3) is 0 Å². The fourth-order valence-electron chi connectivity index (χ4n) is 2.01.